The van der Waals surface area contributed by atoms with Crippen LogP contribution in [0.4, 0.5) is 60.5 Å². The van der Waals surface area contributed by atoms with Crippen LogP contribution in [0.5, 0.6) is 0 Å². The summed E-state index contributed by atoms with van der Waals surface area (Å²) in [6.45, 7) is 0. The van der Waals surface area contributed by atoms with Crippen LogP contribution >= 0.6 is 0 Å². The molecule has 0 saturated heterocycles. The van der Waals surface area contributed by atoms with Crippen LogP contribution < -0.4 is 9.80 Å². The number of para-hydroxylation sites is 2. The van der Waals surface area contributed by atoms with Crippen LogP contribution in [0.3, 0.4) is 0 Å². The molecule has 0 spiro atoms. The second-order valence-corrected chi connectivity index (χ2v) is 13.2. The Bertz CT molecular complexity index is 2370. The number of anilines is 6. The first-order chi connectivity index (χ1) is 26.6. The van der Waals surface area contributed by atoms with E-state index >= 15 is 26.3 Å². The first kappa shape index (κ1) is 35.5. The number of alkyl halides is 6. The molecule has 272 valence electrons. The van der Waals surface area contributed by atoms with Gasteiger partial charge >= 0.3 is 12.4 Å². The summed E-state index contributed by atoms with van der Waals surface area (Å²) < 4.78 is 92.6. The first-order valence-electron chi connectivity index (χ1n) is 17.6. The van der Waals surface area contributed by atoms with E-state index in [1.807, 2.05) is 155 Å². The van der Waals surface area contributed by atoms with Gasteiger partial charge in [0, 0.05) is 33.5 Å². The molecule has 2 nitrogen and oxygen atoms in total. The van der Waals surface area contributed by atoms with E-state index in [1.165, 1.54) is 24.3 Å². The van der Waals surface area contributed by atoms with Gasteiger partial charge < -0.3 is 9.80 Å². The number of hydrogen-bond donors (Lipinski definition) is 0. The van der Waals surface area contributed by atoms with E-state index in [4.69, 9.17) is 0 Å². The van der Waals surface area contributed by atoms with Crippen molar-refractivity contribution in [3.05, 3.63) is 205 Å². The van der Waals surface area contributed by atoms with Gasteiger partial charge in [0.2, 0.25) is 5.41 Å². The summed E-state index contributed by atoms with van der Waals surface area (Å²) in [5.74, 6) is 0. The molecule has 0 amide bonds. The molecule has 0 aliphatic heterocycles. The molecule has 0 N–H and O–H groups in total. The van der Waals surface area contributed by atoms with Gasteiger partial charge in [-0.05, 0) is 82.6 Å². The summed E-state index contributed by atoms with van der Waals surface area (Å²) in [5, 5.41) is 3.60. The number of nitrogens with zero attached hydrogens (tertiary/aromatic N) is 2. The topological polar surface area (TPSA) is 6.48 Å². The lowest BCUT2D eigenvalue weighted by Crippen LogP contribution is -2.54. The Morgan fingerprint density at radius 1 is 0.291 bits per heavy atom. The fourth-order valence-electron chi connectivity index (χ4n) is 7.52. The highest BCUT2D eigenvalue weighted by molar-refractivity contribution is 6.00. The fourth-order valence-corrected chi connectivity index (χ4v) is 7.52. The average molecular weight is 739 g/mol. The maximum absolute atomic E-state index is 15.4. The minimum absolute atomic E-state index is 0.397. The molecule has 0 unspecified atom stereocenters. The van der Waals surface area contributed by atoms with Gasteiger partial charge in [-0.3, -0.25) is 0 Å². The standard InChI is InChI=1S/C47H32F6N2/c48-46(49,50)45(47(51,52)53,35-25-29-39(30-26-35)54(37-17-3-1-4-18-37)43-23-11-15-33-13-7-9-21-41(33)43)36-27-31-40(32-28-36)55(38-19-5-2-6-20-38)44-24-12-16-34-14-8-10-22-42(34)44/h1-32H. The molecule has 0 radical (unpaired) electrons. The summed E-state index contributed by atoms with van der Waals surface area (Å²) in [7, 11) is 0. The van der Waals surface area contributed by atoms with E-state index in [-0.39, 0.29) is 0 Å². The molecule has 0 aromatic heterocycles. The van der Waals surface area contributed by atoms with Gasteiger partial charge in [0.15, 0.2) is 0 Å². The van der Waals surface area contributed by atoms with E-state index in [1.54, 1.807) is 0 Å². The van der Waals surface area contributed by atoms with Crippen LogP contribution in [-0.4, -0.2) is 12.4 Å². The largest absolute Gasteiger partial charge is 0.411 e. The molecular weight excluding hydrogens is 707 g/mol. The van der Waals surface area contributed by atoms with Gasteiger partial charge in [0.25, 0.3) is 0 Å². The normalized spacial score (nSPS) is 12.2. The fraction of sp³-hybridized carbons (Fsp3) is 0.0638. The highest BCUT2D eigenvalue weighted by atomic mass is 19.4. The second kappa shape index (κ2) is 14.0. The lowest BCUT2D eigenvalue weighted by molar-refractivity contribution is -0.288. The van der Waals surface area contributed by atoms with Crippen LogP contribution in [0.25, 0.3) is 21.5 Å². The molecule has 55 heavy (non-hydrogen) atoms. The van der Waals surface area contributed by atoms with Gasteiger partial charge in [-0.15, -0.1) is 0 Å². The number of benzene rings is 8. The summed E-state index contributed by atoms with van der Waals surface area (Å²) in [6, 6.07) is 54.0. The molecule has 0 aliphatic carbocycles. The van der Waals surface area contributed by atoms with Crippen LogP contribution in [0.1, 0.15) is 11.1 Å². The molecule has 0 heterocycles. The van der Waals surface area contributed by atoms with Gasteiger partial charge in [-0.1, -0.05) is 133 Å². The number of fused-ring (bicyclic) bond motifs is 2. The predicted octanol–water partition coefficient (Wildman–Crippen LogP) is 14.3. The number of hydrogen-bond acceptors (Lipinski definition) is 2. The maximum Gasteiger partial charge on any atom is 0.411 e. The van der Waals surface area contributed by atoms with Gasteiger partial charge in [-0.2, -0.15) is 26.3 Å². The lowest BCUT2D eigenvalue weighted by atomic mass is 9.72. The van der Waals surface area contributed by atoms with Crippen LogP contribution in [0, 0.1) is 0 Å². The monoisotopic (exact) mass is 738 g/mol. The van der Waals surface area contributed by atoms with Gasteiger partial charge in [0.05, 0.1) is 11.4 Å². The van der Waals surface area contributed by atoms with Crippen LogP contribution in [-0.2, 0) is 5.41 Å². The van der Waals surface area contributed by atoms with E-state index in [2.05, 4.69) is 0 Å². The summed E-state index contributed by atoms with van der Waals surface area (Å²) >= 11 is 0. The van der Waals surface area contributed by atoms with Crippen molar-refractivity contribution in [3.8, 4) is 0 Å². The van der Waals surface area contributed by atoms with E-state index in [9.17, 15) is 0 Å². The molecular formula is C47H32F6N2. The third kappa shape index (κ3) is 6.23. The molecule has 8 rings (SSSR count). The highest BCUT2D eigenvalue weighted by Crippen LogP contribution is 2.57. The summed E-state index contributed by atoms with van der Waals surface area (Å²) in [4.78, 5) is 3.66. The zero-order chi connectivity index (χ0) is 38.2. The van der Waals surface area contributed by atoms with Crippen LogP contribution in [0.2, 0.25) is 0 Å². The Balaban J connectivity index is 1.26. The zero-order valence-electron chi connectivity index (χ0n) is 29.1. The molecule has 0 aliphatic rings. The van der Waals surface area contributed by atoms with Crippen molar-refractivity contribution in [1.29, 1.82) is 0 Å². The van der Waals surface area contributed by atoms with Crippen molar-refractivity contribution in [2.24, 2.45) is 0 Å². The molecule has 8 aromatic rings. The Morgan fingerprint density at radius 3 is 0.964 bits per heavy atom. The van der Waals surface area contributed by atoms with Crippen LogP contribution in [0.15, 0.2) is 194 Å². The highest BCUT2D eigenvalue weighted by Gasteiger charge is 2.72. The molecule has 0 fully saturated rings. The minimum Gasteiger partial charge on any atom is -0.310 e. The second-order valence-electron chi connectivity index (χ2n) is 13.2. The third-order valence-electron chi connectivity index (χ3n) is 10.0. The molecule has 0 saturated carbocycles. The van der Waals surface area contributed by atoms with Gasteiger partial charge in [0.1, 0.15) is 0 Å². The predicted molar refractivity (Wildman–Crippen MR) is 210 cm³/mol. The Hall–Kier alpha value is -6.54. The summed E-state index contributed by atoms with van der Waals surface area (Å²) in [5.41, 5.74) is -2.59. The Morgan fingerprint density at radius 2 is 0.600 bits per heavy atom. The number of halogens is 6. The maximum atomic E-state index is 15.4. The molecule has 8 aromatic carbocycles. The first-order valence-corrected chi connectivity index (χ1v) is 17.6. The SMILES string of the molecule is FC(F)(F)C(c1ccc(N(c2ccccc2)c2cccc3ccccc23)cc1)(c1ccc(N(c2ccccc2)c2cccc3ccccc23)cc1)C(F)(F)F. The van der Waals surface area contributed by atoms with Crippen molar-refractivity contribution in [2.75, 3.05) is 9.80 Å². The van der Waals surface area contributed by atoms with E-state index < -0.39 is 28.9 Å². The zero-order valence-corrected chi connectivity index (χ0v) is 29.1. The van der Waals surface area contributed by atoms with Crippen molar-refractivity contribution >= 4 is 55.7 Å². The third-order valence-corrected chi connectivity index (χ3v) is 10.0. The van der Waals surface area contributed by atoms with Crippen molar-refractivity contribution in [3.63, 3.8) is 0 Å². The van der Waals surface area contributed by atoms with Crippen molar-refractivity contribution < 1.29 is 26.3 Å². The minimum atomic E-state index is -5.75. The van der Waals surface area contributed by atoms with E-state index in [0.29, 0.717) is 22.7 Å². The van der Waals surface area contributed by atoms with Crippen molar-refractivity contribution in [1.82, 2.24) is 0 Å². The summed E-state index contributed by atoms with van der Waals surface area (Å²) in [6.07, 6.45) is -11.5. The average Bonchev–Trinajstić information content (AvgIpc) is 3.19. The molecule has 0 atom stereocenters. The Labute approximate surface area is 314 Å². The quantitative estimate of drug-likeness (QED) is 0.143. The molecule has 0 bridgehead atoms. The smallest absolute Gasteiger partial charge is 0.310 e. The van der Waals surface area contributed by atoms with E-state index in [0.717, 1.165) is 57.2 Å². The number of rotatable bonds is 8. The molecule has 8 heteroatoms. The van der Waals surface area contributed by atoms with Crippen molar-refractivity contribution in [2.45, 2.75) is 17.8 Å². The lowest BCUT2D eigenvalue weighted by Gasteiger charge is -2.39. The van der Waals surface area contributed by atoms with Gasteiger partial charge in [-0.25, -0.2) is 0 Å². The Kier molecular flexibility index (Phi) is 9.05.